The molecule has 1 aliphatic rings. The van der Waals surface area contributed by atoms with Gasteiger partial charge in [0.05, 0.1) is 17.4 Å². The summed E-state index contributed by atoms with van der Waals surface area (Å²) in [6.45, 7) is 19.7. The minimum Gasteiger partial charge on any atom is -0.461 e. The number of rotatable bonds is 10. The van der Waals surface area contributed by atoms with E-state index in [0.717, 1.165) is 65.3 Å². The van der Waals surface area contributed by atoms with Crippen LogP contribution in [0.1, 0.15) is 107 Å². The number of hydrogen-bond acceptors (Lipinski definition) is 6. The number of pyridine rings is 1. The number of carbonyl (C=O) groups is 2. The number of esters is 1. The van der Waals surface area contributed by atoms with Crippen LogP contribution in [0.15, 0.2) is 48.5 Å². The van der Waals surface area contributed by atoms with E-state index in [0.29, 0.717) is 18.4 Å². The zero-order chi connectivity index (χ0) is 33.1. The summed E-state index contributed by atoms with van der Waals surface area (Å²) in [5, 5.41) is 0. The van der Waals surface area contributed by atoms with Crippen molar-refractivity contribution in [3.63, 3.8) is 0 Å². The molecule has 1 aromatic heterocycles. The molecule has 7 heteroatoms. The summed E-state index contributed by atoms with van der Waals surface area (Å²) in [6.07, 6.45) is 1.64. The number of hydrogen-bond donors (Lipinski definition) is 0. The Morgan fingerprint density at radius 1 is 0.956 bits per heavy atom. The zero-order valence-corrected chi connectivity index (χ0v) is 28.4. The van der Waals surface area contributed by atoms with Crippen LogP contribution in [0.4, 0.5) is 10.1 Å². The molecule has 1 fully saturated rings. The van der Waals surface area contributed by atoms with Crippen molar-refractivity contribution in [3.05, 3.63) is 82.4 Å². The molecule has 0 aliphatic carbocycles. The summed E-state index contributed by atoms with van der Waals surface area (Å²) in [5.41, 5.74) is 6.26. The number of ether oxygens (including phenoxy) is 2. The van der Waals surface area contributed by atoms with Gasteiger partial charge in [0.25, 0.3) is 0 Å². The highest BCUT2D eigenvalue weighted by Gasteiger charge is 2.37. The highest BCUT2D eigenvalue weighted by molar-refractivity contribution is 5.97. The van der Waals surface area contributed by atoms with Crippen molar-refractivity contribution in [2.24, 2.45) is 5.41 Å². The Hall–Kier alpha value is -3.58. The van der Waals surface area contributed by atoms with Gasteiger partial charge in [0, 0.05) is 47.6 Å². The van der Waals surface area contributed by atoms with E-state index in [2.05, 4.69) is 18.7 Å². The maximum atomic E-state index is 13.7. The number of aromatic nitrogens is 1. The fraction of sp³-hybridized carbons (Fsp3) is 0.500. The van der Waals surface area contributed by atoms with Gasteiger partial charge >= 0.3 is 5.97 Å². The number of ketones is 1. The fourth-order valence-corrected chi connectivity index (χ4v) is 5.92. The van der Waals surface area contributed by atoms with E-state index in [4.69, 9.17) is 14.5 Å². The summed E-state index contributed by atoms with van der Waals surface area (Å²) >= 11 is 0. The summed E-state index contributed by atoms with van der Waals surface area (Å²) < 4.78 is 25.5. The van der Waals surface area contributed by atoms with Crippen molar-refractivity contribution in [2.75, 3.05) is 18.0 Å². The van der Waals surface area contributed by atoms with E-state index < -0.39 is 17.7 Å². The van der Waals surface area contributed by atoms with Crippen LogP contribution in [0.3, 0.4) is 0 Å². The molecule has 4 rings (SSSR count). The smallest absolute Gasteiger partial charge is 0.340 e. The summed E-state index contributed by atoms with van der Waals surface area (Å²) in [7, 11) is 0. The largest absolute Gasteiger partial charge is 0.461 e. The van der Waals surface area contributed by atoms with Gasteiger partial charge in [-0.2, -0.15) is 0 Å². The Bertz CT molecular complexity index is 1490. The molecule has 0 radical (unpaired) electrons. The van der Waals surface area contributed by atoms with Crippen molar-refractivity contribution >= 4 is 17.4 Å². The monoisotopic (exact) mass is 616 g/mol. The Morgan fingerprint density at radius 3 is 2.11 bits per heavy atom. The number of nitrogens with zero attached hydrogens (tertiary/aromatic N) is 2. The SMILES string of the molecule is Cc1nc(C)c([C@H](OC(C)(C)C)C(=O)OC(C)C)c(N2CCC(C)(C)CC2)c1-c1ccc(C(=O)CCc2ccc(F)cc2)cc1. The molecule has 1 aliphatic heterocycles. The predicted molar refractivity (Wildman–Crippen MR) is 178 cm³/mol. The second kappa shape index (κ2) is 13.8. The van der Waals surface area contributed by atoms with Crippen LogP contribution in [0.5, 0.6) is 0 Å². The normalized spacial score (nSPS) is 15.7. The first-order valence-corrected chi connectivity index (χ1v) is 16.1. The highest BCUT2D eigenvalue weighted by Crippen LogP contribution is 2.45. The third-order valence-electron chi connectivity index (χ3n) is 8.36. The minimum absolute atomic E-state index is 0.0267. The van der Waals surface area contributed by atoms with Gasteiger partial charge in [-0.15, -0.1) is 0 Å². The summed E-state index contributed by atoms with van der Waals surface area (Å²) in [6, 6.07) is 13.9. The van der Waals surface area contributed by atoms with Gasteiger partial charge < -0.3 is 14.4 Å². The standard InChI is InChI=1S/C38H49FN2O4/c1-24(2)44-36(43)35(45-37(5,6)7)33-26(4)40-25(3)32(34(33)41-22-20-38(8,9)21-23-41)29-15-13-28(14-16-29)31(42)19-12-27-10-17-30(39)18-11-27/h10-11,13-18,24,35H,12,19-23H2,1-9H3/t35-/m0/s1. The van der Waals surface area contributed by atoms with E-state index in [9.17, 15) is 14.0 Å². The lowest BCUT2D eigenvalue weighted by Gasteiger charge is -2.41. The van der Waals surface area contributed by atoms with E-state index in [1.165, 1.54) is 12.1 Å². The Morgan fingerprint density at radius 2 is 1.56 bits per heavy atom. The van der Waals surface area contributed by atoms with Gasteiger partial charge in [-0.1, -0.05) is 50.2 Å². The first-order chi connectivity index (χ1) is 21.0. The average molecular weight is 617 g/mol. The van der Waals surface area contributed by atoms with Gasteiger partial charge in [-0.25, -0.2) is 9.18 Å². The maximum Gasteiger partial charge on any atom is 0.340 e. The van der Waals surface area contributed by atoms with Crippen LogP contribution in [0.2, 0.25) is 0 Å². The second-order valence-electron chi connectivity index (χ2n) is 14.3. The van der Waals surface area contributed by atoms with Gasteiger partial charge in [-0.05, 0) is 96.4 Å². The number of carbonyl (C=O) groups excluding carboxylic acids is 2. The number of piperidine rings is 1. The molecule has 3 aromatic rings. The number of halogens is 1. The number of aryl methyl sites for hydroxylation is 3. The van der Waals surface area contributed by atoms with Gasteiger partial charge in [-0.3, -0.25) is 9.78 Å². The lowest BCUT2D eigenvalue weighted by atomic mass is 9.81. The Balaban J connectivity index is 1.79. The molecule has 45 heavy (non-hydrogen) atoms. The van der Waals surface area contributed by atoms with Crippen LogP contribution in [0, 0.1) is 25.1 Å². The average Bonchev–Trinajstić information content (AvgIpc) is 2.95. The molecule has 242 valence electrons. The third-order valence-corrected chi connectivity index (χ3v) is 8.36. The molecule has 1 atom stereocenters. The van der Waals surface area contributed by atoms with Crippen LogP contribution >= 0.6 is 0 Å². The van der Waals surface area contributed by atoms with Crippen LogP contribution in [-0.2, 0) is 20.7 Å². The molecule has 0 spiro atoms. The molecule has 2 heterocycles. The van der Waals surface area contributed by atoms with Crippen LogP contribution < -0.4 is 4.90 Å². The third kappa shape index (κ3) is 8.78. The molecular formula is C38H49FN2O4. The summed E-state index contributed by atoms with van der Waals surface area (Å²) in [5.74, 6) is -0.690. The van der Waals surface area contributed by atoms with Gasteiger partial charge in [0.1, 0.15) is 5.82 Å². The fourth-order valence-electron chi connectivity index (χ4n) is 5.92. The number of benzene rings is 2. The van der Waals surface area contributed by atoms with Crippen molar-refractivity contribution < 1.29 is 23.5 Å². The van der Waals surface area contributed by atoms with E-state index >= 15 is 0 Å². The summed E-state index contributed by atoms with van der Waals surface area (Å²) in [4.78, 5) is 34.1. The van der Waals surface area contributed by atoms with E-state index in [1.807, 2.05) is 72.7 Å². The van der Waals surface area contributed by atoms with Crippen molar-refractivity contribution in [3.8, 4) is 11.1 Å². The first-order valence-electron chi connectivity index (χ1n) is 16.1. The first kappa shape index (κ1) is 34.3. The Labute approximate surface area is 268 Å². The molecule has 0 saturated carbocycles. The highest BCUT2D eigenvalue weighted by atomic mass is 19.1. The number of anilines is 1. The van der Waals surface area contributed by atoms with Crippen LogP contribution in [-0.4, -0.2) is 41.5 Å². The molecule has 2 aromatic carbocycles. The van der Waals surface area contributed by atoms with Gasteiger partial charge in [0.2, 0.25) is 0 Å². The van der Waals surface area contributed by atoms with Crippen molar-refractivity contribution in [2.45, 2.75) is 106 Å². The Kier molecular flexibility index (Phi) is 10.5. The lowest BCUT2D eigenvalue weighted by Crippen LogP contribution is -2.39. The molecule has 6 nitrogen and oxygen atoms in total. The minimum atomic E-state index is -0.962. The van der Waals surface area contributed by atoms with Crippen molar-refractivity contribution in [1.82, 2.24) is 4.98 Å². The van der Waals surface area contributed by atoms with E-state index in [1.54, 1.807) is 12.1 Å². The molecule has 0 amide bonds. The molecule has 0 N–H and O–H groups in total. The number of Topliss-reactive ketones (excluding diaryl/α,β-unsaturated/α-hetero) is 1. The van der Waals surface area contributed by atoms with Gasteiger partial charge in [0.15, 0.2) is 11.9 Å². The lowest BCUT2D eigenvalue weighted by molar-refractivity contribution is -0.171. The zero-order valence-electron chi connectivity index (χ0n) is 28.4. The molecule has 1 saturated heterocycles. The van der Waals surface area contributed by atoms with E-state index in [-0.39, 0.29) is 23.1 Å². The maximum absolute atomic E-state index is 13.7. The second-order valence-corrected chi connectivity index (χ2v) is 14.3. The van der Waals surface area contributed by atoms with Crippen molar-refractivity contribution in [1.29, 1.82) is 0 Å². The predicted octanol–water partition coefficient (Wildman–Crippen LogP) is 8.75. The quantitative estimate of drug-likeness (QED) is 0.168. The molecule has 0 bridgehead atoms. The topological polar surface area (TPSA) is 68.7 Å². The molecular weight excluding hydrogens is 567 g/mol. The van der Waals surface area contributed by atoms with Crippen LogP contribution in [0.25, 0.3) is 11.1 Å². The molecule has 0 unspecified atom stereocenters.